The number of anilines is 1. The lowest BCUT2D eigenvalue weighted by atomic mass is 10.1. The number of hydrogen-bond acceptors (Lipinski definition) is 5. The molecule has 12 heteroatoms. The molecule has 2 aromatic carbocycles. The maximum absolute atomic E-state index is 13.1. The number of ether oxygens (including phenoxy) is 1. The molecule has 0 fully saturated rings. The standard InChI is InChI=1S/C22H17Cl4FN2O5/c1-2-3-4-12(22(33)34-9-13(30)28-11-7-5-10(27)6-8-11)29-20(31)14-15(21(29)32)17(24)19(26)18(25)16(14)23/h5-8,12H,2-4,9H2,1H3,(H,28,30)/t12-/m1/s1. The topological polar surface area (TPSA) is 92.8 Å². The molecule has 1 heterocycles. The first-order chi connectivity index (χ1) is 16.1. The smallest absolute Gasteiger partial charge is 0.329 e. The zero-order valence-electron chi connectivity index (χ0n) is 17.6. The number of fused-ring (bicyclic) bond motifs is 1. The van der Waals surface area contributed by atoms with Gasteiger partial charge in [-0.3, -0.25) is 19.3 Å². The molecule has 180 valence electrons. The number of carbonyl (C=O) groups is 4. The second-order valence-corrected chi connectivity index (χ2v) is 8.82. The summed E-state index contributed by atoms with van der Waals surface area (Å²) < 4.78 is 18.1. The van der Waals surface area contributed by atoms with Crippen molar-refractivity contribution in [2.24, 2.45) is 0 Å². The molecule has 34 heavy (non-hydrogen) atoms. The van der Waals surface area contributed by atoms with Crippen LogP contribution < -0.4 is 5.32 Å². The van der Waals surface area contributed by atoms with Crippen molar-refractivity contribution < 1.29 is 28.3 Å². The van der Waals surface area contributed by atoms with Gasteiger partial charge in [-0.2, -0.15) is 0 Å². The van der Waals surface area contributed by atoms with Crippen LogP contribution in [0.4, 0.5) is 10.1 Å². The van der Waals surface area contributed by atoms with Gasteiger partial charge in [0, 0.05) is 5.69 Å². The van der Waals surface area contributed by atoms with Gasteiger partial charge in [0.05, 0.1) is 31.2 Å². The summed E-state index contributed by atoms with van der Waals surface area (Å²) in [7, 11) is 0. The average molecular weight is 550 g/mol. The van der Waals surface area contributed by atoms with Crippen LogP contribution in [0.3, 0.4) is 0 Å². The van der Waals surface area contributed by atoms with Gasteiger partial charge in [-0.05, 0) is 30.7 Å². The molecule has 0 aromatic heterocycles. The van der Waals surface area contributed by atoms with Crippen molar-refractivity contribution in [2.75, 3.05) is 11.9 Å². The van der Waals surface area contributed by atoms with Gasteiger partial charge in [-0.15, -0.1) is 0 Å². The van der Waals surface area contributed by atoms with E-state index < -0.39 is 42.2 Å². The molecule has 2 aromatic rings. The number of esters is 1. The highest BCUT2D eigenvalue weighted by molar-refractivity contribution is 6.55. The Kier molecular flexibility index (Phi) is 8.41. The summed E-state index contributed by atoms with van der Waals surface area (Å²) in [5, 5.41) is 1.54. The minimum atomic E-state index is -1.34. The van der Waals surface area contributed by atoms with E-state index in [0.717, 1.165) is 12.1 Å². The van der Waals surface area contributed by atoms with Crippen molar-refractivity contribution in [3.05, 3.63) is 61.3 Å². The van der Waals surface area contributed by atoms with Crippen LogP contribution in [-0.2, 0) is 14.3 Å². The van der Waals surface area contributed by atoms with Crippen LogP contribution in [0.25, 0.3) is 0 Å². The van der Waals surface area contributed by atoms with Gasteiger partial charge in [0.25, 0.3) is 17.7 Å². The molecular formula is C22H17Cl4FN2O5. The Labute approximate surface area is 214 Å². The molecule has 1 N–H and O–H groups in total. The number of nitrogens with zero attached hydrogens (tertiary/aromatic N) is 1. The Balaban J connectivity index is 1.80. The molecule has 0 saturated carbocycles. The summed E-state index contributed by atoms with van der Waals surface area (Å²) in [4.78, 5) is 51.9. The highest BCUT2D eigenvalue weighted by Gasteiger charge is 2.47. The Bertz CT molecular complexity index is 1130. The number of benzene rings is 2. The van der Waals surface area contributed by atoms with Gasteiger partial charge < -0.3 is 10.1 Å². The number of halogens is 5. The van der Waals surface area contributed by atoms with Crippen molar-refractivity contribution in [1.82, 2.24) is 4.90 Å². The van der Waals surface area contributed by atoms with Crippen LogP contribution >= 0.6 is 46.4 Å². The fraction of sp³-hybridized carbons (Fsp3) is 0.273. The summed E-state index contributed by atoms with van der Waals surface area (Å²) in [5.74, 6) is -3.90. The number of unbranched alkanes of at least 4 members (excludes halogenated alkanes) is 1. The summed E-state index contributed by atoms with van der Waals surface area (Å²) in [5.41, 5.74) is -0.216. The summed E-state index contributed by atoms with van der Waals surface area (Å²) in [6.07, 6.45) is 1.20. The zero-order valence-corrected chi connectivity index (χ0v) is 20.6. The first-order valence-electron chi connectivity index (χ1n) is 10.0. The van der Waals surface area contributed by atoms with Crippen LogP contribution in [0.15, 0.2) is 24.3 Å². The highest BCUT2D eigenvalue weighted by Crippen LogP contribution is 2.45. The number of amides is 3. The minimum absolute atomic E-state index is 0.0804. The van der Waals surface area contributed by atoms with E-state index in [0.29, 0.717) is 23.4 Å². The van der Waals surface area contributed by atoms with Crippen molar-refractivity contribution in [1.29, 1.82) is 0 Å². The normalized spacial score (nSPS) is 13.6. The van der Waals surface area contributed by atoms with Crippen molar-refractivity contribution >= 4 is 75.8 Å². The lowest BCUT2D eigenvalue weighted by Crippen LogP contribution is -2.46. The first kappa shape index (κ1) is 26.2. The Morgan fingerprint density at radius 3 is 2.00 bits per heavy atom. The Morgan fingerprint density at radius 2 is 1.50 bits per heavy atom. The molecule has 0 aliphatic carbocycles. The van der Waals surface area contributed by atoms with Gasteiger partial charge in [-0.25, -0.2) is 9.18 Å². The molecule has 3 rings (SSSR count). The molecule has 7 nitrogen and oxygen atoms in total. The third-order valence-electron chi connectivity index (χ3n) is 5.02. The van der Waals surface area contributed by atoms with Gasteiger partial charge in [0.15, 0.2) is 6.61 Å². The third-order valence-corrected chi connectivity index (χ3v) is 6.82. The molecule has 3 amide bonds. The molecule has 1 aliphatic heterocycles. The molecule has 1 aliphatic rings. The third kappa shape index (κ3) is 5.15. The number of carbonyl (C=O) groups excluding carboxylic acids is 4. The van der Waals surface area contributed by atoms with Crippen molar-refractivity contribution in [2.45, 2.75) is 32.2 Å². The van der Waals surface area contributed by atoms with E-state index in [1.807, 2.05) is 6.92 Å². The van der Waals surface area contributed by atoms with Crippen LogP contribution in [0.5, 0.6) is 0 Å². The molecule has 0 unspecified atom stereocenters. The molecular weight excluding hydrogens is 533 g/mol. The minimum Gasteiger partial charge on any atom is -0.454 e. The average Bonchev–Trinajstić information content (AvgIpc) is 3.07. The van der Waals surface area contributed by atoms with Gasteiger partial charge in [0.2, 0.25) is 0 Å². The van der Waals surface area contributed by atoms with E-state index in [1.165, 1.54) is 12.1 Å². The SMILES string of the molecule is CCCC[C@H](C(=O)OCC(=O)Nc1ccc(F)cc1)N1C(=O)c2c(Cl)c(Cl)c(Cl)c(Cl)c2C1=O. The Hall–Kier alpha value is -2.39. The molecule has 0 bridgehead atoms. The van der Waals surface area contributed by atoms with Crippen molar-refractivity contribution in [3.8, 4) is 0 Å². The fourth-order valence-corrected chi connectivity index (χ4v) is 4.38. The highest BCUT2D eigenvalue weighted by atomic mass is 35.5. The Morgan fingerprint density at radius 1 is 0.971 bits per heavy atom. The van der Waals surface area contributed by atoms with E-state index in [-0.39, 0.29) is 37.6 Å². The number of imide groups is 1. The lowest BCUT2D eigenvalue weighted by molar-refractivity contribution is -0.151. The summed E-state index contributed by atoms with van der Waals surface area (Å²) in [6, 6.07) is 3.64. The van der Waals surface area contributed by atoms with Gasteiger partial charge in [-0.1, -0.05) is 66.2 Å². The second kappa shape index (κ2) is 10.9. The molecule has 0 radical (unpaired) electrons. The maximum atomic E-state index is 13.1. The van der Waals surface area contributed by atoms with E-state index in [1.54, 1.807) is 0 Å². The maximum Gasteiger partial charge on any atom is 0.329 e. The fourth-order valence-electron chi connectivity index (χ4n) is 3.36. The molecule has 0 spiro atoms. The van der Waals surface area contributed by atoms with E-state index in [9.17, 15) is 23.6 Å². The predicted molar refractivity (Wildman–Crippen MR) is 126 cm³/mol. The first-order valence-corrected chi connectivity index (χ1v) is 11.6. The second-order valence-electron chi connectivity index (χ2n) is 7.31. The number of hydrogen-bond donors (Lipinski definition) is 1. The van der Waals surface area contributed by atoms with Crippen LogP contribution in [0.1, 0.15) is 46.9 Å². The summed E-state index contributed by atoms with van der Waals surface area (Å²) >= 11 is 24.4. The van der Waals surface area contributed by atoms with Crippen LogP contribution in [0.2, 0.25) is 20.1 Å². The van der Waals surface area contributed by atoms with Crippen LogP contribution in [-0.4, -0.2) is 41.2 Å². The molecule has 1 atom stereocenters. The molecule has 0 saturated heterocycles. The largest absolute Gasteiger partial charge is 0.454 e. The number of nitrogens with one attached hydrogen (secondary N) is 1. The van der Waals surface area contributed by atoms with Gasteiger partial charge >= 0.3 is 5.97 Å². The van der Waals surface area contributed by atoms with E-state index >= 15 is 0 Å². The lowest BCUT2D eigenvalue weighted by Gasteiger charge is -2.24. The monoisotopic (exact) mass is 548 g/mol. The van der Waals surface area contributed by atoms with E-state index in [4.69, 9.17) is 51.1 Å². The zero-order chi connectivity index (χ0) is 25.2. The van der Waals surface area contributed by atoms with Crippen LogP contribution in [0, 0.1) is 5.82 Å². The quantitative estimate of drug-likeness (QED) is 0.195. The van der Waals surface area contributed by atoms with Crippen molar-refractivity contribution in [3.63, 3.8) is 0 Å². The van der Waals surface area contributed by atoms with Gasteiger partial charge in [0.1, 0.15) is 11.9 Å². The van der Waals surface area contributed by atoms with E-state index in [2.05, 4.69) is 5.32 Å². The predicted octanol–water partition coefficient (Wildman–Crippen LogP) is 5.78. The number of rotatable bonds is 8. The summed E-state index contributed by atoms with van der Waals surface area (Å²) in [6.45, 7) is 1.16.